The molecular weight excluding hydrogens is 414 g/mol. The Hall–Kier alpha value is -3.24. The van der Waals surface area contributed by atoms with Gasteiger partial charge >= 0.3 is 0 Å². The zero-order valence-electron chi connectivity index (χ0n) is 17.6. The lowest BCUT2D eigenvalue weighted by molar-refractivity contribution is 0.311. The number of ether oxygens (including phenoxy) is 1. The number of hydrogen-bond donors (Lipinski definition) is 1. The third kappa shape index (κ3) is 3.68. The number of H-pyrrole nitrogens is 1. The maximum absolute atomic E-state index is 12.7. The number of thiazole rings is 1. The van der Waals surface area contributed by atoms with E-state index in [0.717, 1.165) is 59.4 Å². The van der Waals surface area contributed by atoms with Crippen LogP contribution in [0.3, 0.4) is 0 Å². The molecule has 1 saturated heterocycles. The number of piperazine rings is 1. The highest BCUT2D eigenvalue weighted by molar-refractivity contribution is 7.20. The largest absolute Gasteiger partial charge is 0.497 e. The van der Waals surface area contributed by atoms with E-state index in [4.69, 9.17) is 9.72 Å². The SMILES string of the molecule is COc1ccc2nc(-n3[nH]c(-c4cnc(N5CCN(C)CC5)nc4C)cc3=O)sc2c1. The fourth-order valence-electron chi connectivity index (χ4n) is 3.67. The fraction of sp³-hybridized carbons (Fsp3) is 0.333. The second kappa shape index (κ2) is 7.78. The second-order valence-corrected chi connectivity index (χ2v) is 8.64. The summed E-state index contributed by atoms with van der Waals surface area (Å²) in [5, 5.41) is 3.75. The van der Waals surface area contributed by atoms with Gasteiger partial charge in [0.05, 0.1) is 28.7 Å². The van der Waals surface area contributed by atoms with Gasteiger partial charge in [-0.1, -0.05) is 11.3 Å². The summed E-state index contributed by atoms with van der Waals surface area (Å²) < 4.78 is 7.69. The Morgan fingerprint density at radius 1 is 1.13 bits per heavy atom. The van der Waals surface area contributed by atoms with Crippen molar-refractivity contribution in [3.05, 3.63) is 46.5 Å². The van der Waals surface area contributed by atoms with E-state index >= 15 is 0 Å². The van der Waals surface area contributed by atoms with E-state index in [1.54, 1.807) is 19.4 Å². The highest BCUT2D eigenvalue weighted by Crippen LogP contribution is 2.28. The van der Waals surface area contributed by atoms with Crippen LogP contribution < -0.4 is 15.2 Å². The molecule has 4 heterocycles. The van der Waals surface area contributed by atoms with Gasteiger partial charge in [-0.2, -0.15) is 4.68 Å². The average molecular weight is 438 g/mol. The van der Waals surface area contributed by atoms with Crippen LogP contribution in [0.25, 0.3) is 26.6 Å². The van der Waals surface area contributed by atoms with Gasteiger partial charge in [0.25, 0.3) is 5.56 Å². The zero-order chi connectivity index (χ0) is 21.5. The molecule has 0 spiro atoms. The standard InChI is InChI=1S/C21H23N7O2S/c1-13-15(12-22-20(23-13)27-8-6-26(2)7-9-27)17-11-19(29)28(25-17)21-24-16-5-4-14(30-3)10-18(16)31-21/h4-5,10-12,25H,6-9H2,1-3H3. The van der Waals surface area contributed by atoms with Crippen LogP contribution in [0, 0.1) is 6.92 Å². The number of hydrogen-bond acceptors (Lipinski definition) is 8. The molecule has 1 N–H and O–H groups in total. The van der Waals surface area contributed by atoms with Gasteiger partial charge in [0.2, 0.25) is 11.1 Å². The molecule has 160 valence electrons. The van der Waals surface area contributed by atoms with Gasteiger partial charge in [-0.05, 0) is 32.2 Å². The molecule has 0 atom stereocenters. The van der Waals surface area contributed by atoms with Gasteiger partial charge in [0.15, 0.2) is 0 Å². The lowest BCUT2D eigenvalue weighted by Gasteiger charge is -2.32. The number of aryl methyl sites for hydroxylation is 1. The minimum Gasteiger partial charge on any atom is -0.497 e. The normalized spacial score (nSPS) is 15.0. The van der Waals surface area contributed by atoms with Crippen LogP contribution >= 0.6 is 11.3 Å². The van der Waals surface area contributed by atoms with Crippen LogP contribution in [-0.4, -0.2) is 70.0 Å². The molecule has 10 heteroatoms. The molecule has 0 bridgehead atoms. The molecule has 31 heavy (non-hydrogen) atoms. The van der Waals surface area contributed by atoms with Gasteiger partial charge in [-0.15, -0.1) is 0 Å². The first-order chi connectivity index (χ1) is 15.0. The number of nitrogens with one attached hydrogen (secondary N) is 1. The number of benzene rings is 1. The molecule has 0 unspecified atom stereocenters. The molecule has 0 aliphatic carbocycles. The Balaban J connectivity index is 1.46. The minimum atomic E-state index is -0.177. The van der Waals surface area contributed by atoms with Gasteiger partial charge in [-0.3, -0.25) is 9.89 Å². The summed E-state index contributed by atoms with van der Waals surface area (Å²) in [6.07, 6.45) is 1.79. The topological polar surface area (TPSA) is 92.2 Å². The minimum absolute atomic E-state index is 0.177. The predicted molar refractivity (Wildman–Crippen MR) is 122 cm³/mol. The summed E-state index contributed by atoms with van der Waals surface area (Å²) in [6.45, 7) is 5.74. The average Bonchev–Trinajstić information content (AvgIpc) is 3.36. The lowest BCUT2D eigenvalue weighted by Crippen LogP contribution is -2.45. The van der Waals surface area contributed by atoms with Crippen molar-refractivity contribution in [2.24, 2.45) is 0 Å². The molecule has 1 aliphatic heterocycles. The monoisotopic (exact) mass is 437 g/mol. The fourth-order valence-corrected chi connectivity index (χ4v) is 4.63. The predicted octanol–water partition coefficient (Wildman–Crippen LogP) is 2.30. The third-order valence-corrected chi connectivity index (χ3v) is 6.54. The number of aromatic nitrogens is 5. The van der Waals surface area contributed by atoms with Gasteiger partial charge in [-0.25, -0.2) is 15.0 Å². The zero-order valence-corrected chi connectivity index (χ0v) is 18.4. The third-order valence-electron chi connectivity index (χ3n) is 5.54. The molecule has 5 rings (SSSR count). The van der Waals surface area contributed by atoms with Crippen molar-refractivity contribution < 1.29 is 4.74 Å². The van der Waals surface area contributed by atoms with E-state index in [-0.39, 0.29) is 5.56 Å². The van der Waals surface area contributed by atoms with Crippen molar-refractivity contribution in [1.29, 1.82) is 0 Å². The molecule has 1 aromatic carbocycles. The Morgan fingerprint density at radius 3 is 2.68 bits per heavy atom. The van der Waals surface area contributed by atoms with E-state index in [2.05, 4.69) is 31.9 Å². The Kier molecular flexibility index (Phi) is 4.95. The first-order valence-electron chi connectivity index (χ1n) is 10.1. The highest BCUT2D eigenvalue weighted by Gasteiger charge is 2.19. The number of aromatic amines is 1. The van der Waals surface area contributed by atoms with Gasteiger partial charge in [0, 0.05) is 44.0 Å². The number of rotatable bonds is 4. The maximum atomic E-state index is 12.7. The Bertz CT molecular complexity index is 1300. The first kappa shape index (κ1) is 19.7. The Morgan fingerprint density at radius 2 is 1.94 bits per heavy atom. The molecule has 0 amide bonds. The number of likely N-dealkylation sites (N-methyl/N-ethyl adjacent to an activating group) is 1. The van der Waals surface area contributed by atoms with Crippen LogP contribution in [-0.2, 0) is 0 Å². The van der Waals surface area contributed by atoms with E-state index in [9.17, 15) is 4.79 Å². The van der Waals surface area contributed by atoms with E-state index in [1.165, 1.54) is 16.0 Å². The quantitative estimate of drug-likeness (QED) is 0.524. The van der Waals surface area contributed by atoms with E-state index in [1.807, 2.05) is 25.1 Å². The van der Waals surface area contributed by atoms with Crippen LogP contribution in [0.2, 0.25) is 0 Å². The van der Waals surface area contributed by atoms with Crippen molar-refractivity contribution >= 4 is 27.5 Å². The summed E-state index contributed by atoms with van der Waals surface area (Å²) in [5.74, 6) is 1.49. The van der Waals surface area contributed by atoms with Crippen molar-refractivity contribution in [3.63, 3.8) is 0 Å². The number of nitrogens with zero attached hydrogens (tertiary/aromatic N) is 6. The molecule has 9 nitrogen and oxygen atoms in total. The number of fused-ring (bicyclic) bond motifs is 1. The highest BCUT2D eigenvalue weighted by atomic mass is 32.1. The molecule has 4 aromatic rings. The van der Waals surface area contributed by atoms with Crippen LogP contribution in [0.15, 0.2) is 35.3 Å². The molecule has 0 saturated carbocycles. The van der Waals surface area contributed by atoms with Crippen molar-refractivity contribution in [2.45, 2.75) is 6.92 Å². The van der Waals surface area contributed by atoms with Crippen molar-refractivity contribution in [1.82, 2.24) is 29.6 Å². The molecule has 1 aliphatic rings. The van der Waals surface area contributed by atoms with Crippen molar-refractivity contribution in [3.8, 4) is 22.1 Å². The van der Waals surface area contributed by atoms with Crippen LogP contribution in [0.4, 0.5) is 5.95 Å². The molecule has 0 radical (unpaired) electrons. The summed E-state index contributed by atoms with van der Waals surface area (Å²) in [7, 11) is 3.75. The summed E-state index contributed by atoms with van der Waals surface area (Å²) in [4.78, 5) is 31.0. The van der Waals surface area contributed by atoms with Gasteiger partial charge in [0.1, 0.15) is 5.75 Å². The maximum Gasteiger partial charge on any atom is 0.273 e. The van der Waals surface area contributed by atoms with Crippen LogP contribution in [0.5, 0.6) is 5.75 Å². The van der Waals surface area contributed by atoms with E-state index in [0.29, 0.717) is 10.8 Å². The first-order valence-corrected chi connectivity index (χ1v) is 10.9. The lowest BCUT2D eigenvalue weighted by atomic mass is 10.2. The summed E-state index contributed by atoms with van der Waals surface area (Å²) in [5.41, 5.74) is 2.94. The summed E-state index contributed by atoms with van der Waals surface area (Å²) in [6, 6.07) is 7.23. The van der Waals surface area contributed by atoms with E-state index < -0.39 is 0 Å². The molecule has 3 aromatic heterocycles. The van der Waals surface area contributed by atoms with Crippen LogP contribution in [0.1, 0.15) is 5.69 Å². The second-order valence-electron chi connectivity index (χ2n) is 7.63. The van der Waals surface area contributed by atoms with Crippen molar-refractivity contribution in [2.75, 3.05) is 45.2 Å². The number of methoxy groups -OCH3 is 1. The van der Waals surface area contributed by atoms with Gasteiger partial charge < -0.3 is 14.5 Å². The number of anilines is 1. The smallest absolute Gasteiger partial charge is 0.273 e. The summed E-state index contributed by atoms with van der Waals surface area (Å²) >= 11 is 1.43. The molecular formula is C21H23N7O2S. The molecule has 1 fully saturated rings. The Labute approximate surface area is 182 Å².